The summed E-state index contributed by atoms with van der Waals surface area (Å²) in [6.07, 6.45) is -0.167. The van der Waals surface area contributed by atoms with Crippen molar-refractivity contribution < 1.29 is 20.1 Å². The van der Waals surface area contributed by atoms with Gasteiger partial charge < -0.3 is 20.1 Å². The number of hydrogen-bond donors (Lipinski definition) is 4. The van der Waals surface area contributed by atoms with Crippen molar-refractivity contribution in [2.24, 2.45) is 0 Å². The van der Waals surface area contributed by atoms with Crippen molar-refractivity contribution in [3.63, 3.8) is 0 Å². The second-order valence-corrected chi connectivity index (χ2v) is 5.12. The van der Waals surface area contributed by atoms with Crippen LogP contribution in [0.25, 0.3) is 5.65 Å². The quantitative estimate of drug-likeness (QED) is 0.535. The molecule has 0 radical (unpaired) electrons. The third-order valence-electron chi connectivity index (χ3n) is 3.70. The zero-order chi connectivity index (χ0) is 14.5. The maximum absolute atomic E-state index is 11.6. The van der Waals surface area contributed by atoms with Gasteiger partial charge in [-0.1, -0.05) is 0 Å². The lowest BCUT2D eigenvalue weighted by molar-refractivity contribution is -0.0645. The normalized spacial score (nSPS) is 33.9. The number of nitrogens with one attached hydrogen (secondary N) is 1. The number of ether oxygens (including phenoxy) is 1. The Balaban J connectivity index is 2.07. The van der Waals surface area contributed by atoms with Crippen molar-refractivity contribution in [2.45, 2.75) is 30.8 Å². The molecule has 4 N–H and O–H groups in total. The van der Waals surface area contributed by atoms with Crippen molar-refractivity contribution >= 4 is 5.65 Å². The summed E-state index contributed by atoms with van der Waals surface area (Å²) in [4.78, 5) is 18.1. The van der Waals surface area contributed by atoms with Crippen LogP contribution in [0.1, 0.15) is 18.6 Å². The Morgan fingerprint density at radius 1 is 1.60 bits per heavy atom. The fourth-order valence-electron chi connectivity index (χ4n) is 2.58. The molecule has 108 valence electrons. The molecule has 0 bridgehead atoms. The standard InChI is InChI=1S/C12H15N3O5/c1-12(19)9(17)7(4-16)20-10(12)6-2-8-13-5-14-11(18)15(8)3-6/h2-3,5,7,9-10,16-17,19H,4H2,1H3,(H,13,14,18)/t7-,9-,10+,12+/m1/s1. The Bertz CT molecular complexity index is 692. The van der Waals surface area contributed by atoms with E-state index in [1.807, 2.05) is 0 Å². The smallest absolute Gasteiger partial charge is 0.332 e. The zero-order valence-electron chi connectivity index (χ0n) is 10.7. The molecule has 0 saturated carbocycles. The summed E-state index contributed by atoms with van der Waals surface area (Å²) in [5.74, 6) is 0. The van der Waals surface area contributed by atoms with E-state index < -0.39 is 30.5 Å². The Hall–Kier alpha value is -1.74. The van der Waals surface area contributed by atoms with E-state index in [9.17, 15) is 15.0 Å². The topological polar surface area (TPSA) is 120 Å². The largest absolute Gasteiger partial charge is 0.394 e. The highest BCUT2D eigenvalue weighted by Crippen LogP contribution is 2.41. The Morgan fingerprint density at radius 2 is 2.35 bits per heavy atom. The minimum Gasteiger partial charge on any atom is -0.394 e. The zero-order valence-corrected chi connectivity index (χ0v) is 10.7. The van der Waals surface area contributed by atoms with Crippen LogP contribution in [0.2, 0.25) is 0 Å². The van der Waals surface area contributed by atoms with Gasteiger partial charge in [-0.2, -0.15) is 0 Å². The lowest BCUT2D eigenvalue weighted by atomic mass is 9.90. The van der Waals surface area contributed by atoms with E-state index >= 15 is 0 Å². The first-order chi connectivity index (χ1) is 9.45. The molecule has 4 atom stereocenters. The third kappa shape index (κ3) is 1.77. The van der Waals surface area contributed by atoms with Gasteiger partial charge in [0.2, 0.25) is 0 Å². The van der Waals surface area contributed by atoms with Gasteiger partial charge >= 0.3 is 5.69 Å². The molecule has 1 saturated heterocycles. The average Bonchev–Trinajstić information content (AvgIpc) is 2.92. The van der Waals surface area contributed by atoms with Crippen LogP contribution in [0.15, 0.2) is 23.4 Å². The molecule has 20 heavy (non-hydrogen) atoms. The molecule has 8 nitrogen and oxygen atoms in total. The summed E-state index contributed by atoms with van der Waals surface area (Å²) in [5.41, 5.74) is -1.01. The van der Waals surface area contributed by atoms with Gasteiger partial charge in [0.05, 0.1) is 12.9 Å². The minimum atomic E-state index is -1.56. The lowest BCUT2D eigenvalue weighted by Gasteiger charge is -2.25. The van der Waals surface area contributed by atoms with Crippen LogP contribution in [0.5, 0.6) is 0 Å². The molecule has 1 aliphatic heterocycles. The highest BCUT2D eigenvalue weighted by Gasteiger charge is 2.52. The molecule has 2 aromatic heterocycles. The SMILES string of the molecule is C[C@]1(O)[C@H](O)[C@@H](CO)O[C@H]1c1cc2nc[nH]c(=O)n2c1. The second kappa shape index (κ2) is 4.38. The van der Waals surface area contributed by atoms with Crippen LogP contribution in [0, 0.1) is 0 Å². The summed E-state index contributed by atoms with van der Waals surface area (Å²) in [7, 11) is 0. The number of rotatable bonds is 2. The maximum atomic E-state index is 11.6. The van der Waals surface area contributed by atoms with E-state index in [1.54, 1.807) is 6.07 Å². The van der Waals surface area contributed by atoms with Crippen molar-refractivity contribution in [1.82, 2.24) is 14.4 Å². The van der Waals surface area contributed by atoms with Gasteiger partial charge in [-0.05, 0) is 13.0 Å². The molecular weight excluding hydrogens is 266 g/mol. The van der Waals surface area contributed by atoms with Crippen molar-refractivity contribution in [2.75, 3.05) is 6.61 Å². The summed E-state index contributed by atoms with van der Waals surface area (Å²) < 4.78 is 6.78. The van der Waals surface area contributed by atoms with Crippen LogP contribution in [0.3, 0.4) is 0 Å². The highest BCUT2D eigenvalue weighted by atomic mass is 16.6. The third-order valence-corrected chi connectivity index (χ3v) is 3.70. The van der Waals surface area contributed by atoms with Gasteiger partial charge in [-0.15, -0.1) is 0 Å². The Labute approximate surface area is 113 Å². The number of aromatic nitrogens is 3. The number of aromatic amines is 1. The first kappa shape index (κ1) is 13.3. The van der Waals surface area contributed by atoms with Crippen molar-refractivity contribution in [3.8, 4) is 0 Å². The predicted molar refractivity (Wildman–Crippen MR) is 67.1 cm³/mol. The summed E-state index contributed by atoms with van der Waals surface area (Å²) in [6.45, 7) is 1.03. The van der Waals surface area contributed by atoms with Crippen LogP contribution in [-0.4, -0.2) is 54.1 Å². The van der Waals surface area contributed by atoms with Crippen molar-refractivity contribution in [3.05, 3.63) is 34.6 Å². The molecule has 2 aromatic rings. The fourth-order valence-corrected chi connectivity index (χ4v) is 2.58. The number of hydrogen-bond acceptors (Lipinski definition) is 6. The van der Waals surface area contributed by atoms with Gasteiger partial charge in [0.15, 0.2) is 0 Å². The van der Waals surface area contributed by atoms with Crippen LogP contribution < -0.4 is 5.69 Å². The number of aliphatic hydroxyl groups excluding tert-OH is 2. The number of fused-ring (bicyclic) bond motifs is 1. The van der Waals surface area contributed by atoms with E-state index in [0.29, 0.717) is 11.2 Å². The number of aliphatic hydroxyl groups is 3. The van der Waals surface area contributed by atoms with Crippen LogP contribution >= 0.6 is 0 Å². The second-order valence-electron chi connectivity index (χ2n) is 5.12. The number of H-pyrrole nitrogens is 1. The molecular formula is C12H15N3O5. The van der Waals surface area contributed by atoms with Gasteiger partial charge in [0, 0.05) is 11.8 Å². The molecule has 1 fully saturated rings. The van der Waals surface area contributed by atoms with Gasteiger partial charge in [-0.3, -0.25) is 9.38 Å². The average molecular weight is 281 g/mol. The fraction of sp³-hybridized carbons (Fsp3) is 0.500. The molecule has 0 spiro atoms. The van der Waals surface area contributed by atoms with Crippen LogP contribution in [-0.2, 0) is 4.74 Å². The van der Waals surface area contributed by atoms with Crippen molar-refractivity contribution in [1.29, 1.82) is 0 Å². The predicted octanol–water partition coefficient (Wildman–Crippen LogP) is -1.43. The van der Waals surface area contributed by atoms with E-state index in [-0.39, 0.29) is 5.69 Å². The molecule has 0 amide bonds. The molecule has 3 heterocycles. The first-order valence-corrected chi connectivity index (χ1v) is 6.17. The summed E-state index contributed by atoms with van der Waals surface area (Å²) in [6, 6.07) is 1.60. The van der Waals surface area contributed by atoms with Gasteiger partial charge in [0.25, 0.3) is 0 Å². The van der Waals surface area contributed by atoms with E-state index in [1.165, 1.54) is 23.8 Å². The van der Waals surface area contributed by atoms with Gasteiger partial charge in [-0.25, -0.2) is 9.78 Å². The molecule has 1 aliphatic rings. The minimum absolute atomic E-state index is 0.363. The van der Waals surface area contributed by atoms with E-state index in [4.69, 9.17) is 9.84 Å². The maximum Gasteiger partial charge on any atom is 0.332 e. The highest BCUT2D eigenvalue weighted by molar-refractivity contribution is 5.43. The molecule has 8 heteroatoms. The van der Waals surface area contributed by atoms with E-state index in [2.05, 4.69) is 9.97 Å². The monoisotopic (exact) mass is 281 g/mol. The summed E-state index contributed by atoms with van der Waals surface area (Å²) in [5, 5.41) is 29.5. The Morgan fingerprint density at radius 3 is 2.95 bits per heavy atom. The summed E-state index contributed by atoms with van der Waals surface area (Å²) >= 11 is 0. The lowest BCUT2D eigenvalue weighted by Crippen LogP contribution is -2.42. The van der Waals surface area contributed by atoms with E-state index in [0.717, 1.165) is 0 Å². The molecule has 0 aromatic carbocycles. The molecule has 0 aliphatic carbocycles. The van der Waals surface area contributed by atoms with Crippen LogP contribution in [0.4, 0.5) is 0 Å². The molecule has 3 rings (SSSR count). The Kier molecular flexibility index (Phi) is 2.91. The molecule has 0 unspecified atom stereocenters. The first-order valence-electron chi connectivity index (χ1n) is 6.17. The van der Waals surface area contributed by atoms with Gasteiger partial charge in [0.1, 0.15) is 29.6 Å². The number of nitrogens with zero attached hydrogens (tertiary/aromatic N) is 2.